The fraction of sp³-hybridized carbons (Fsp3) is 0.261. The van der Waals surface area contributed by atoms with Crippen LogP contribution in [0.4, 0.5) is 49.6 Å². The predicted molar refractivity (Wildman–Crippen MR) is 230 cm³/mol. The number of carbonyl (C=O) groups excluding carboxylic acids is 4. The van der Waals surface area contributed by atoms with Crippen LogP contribution in [-0.2, 0) is 36.7 Å². The second-order valence-electron chi connectivity index (χ2n) is 16.2. The molecular formula is C46H37F10IN2O12. The van der Waals surface area contributed by atoms with Crippen LogP contribution in [0.1, 0.15) is 52.0 Å². The summed E-state index contributed by atoms with van der Waals surface area (Å²) in [5, 5.41) is 40.8. The molecule has 25 heteroatoms. The Morgan fingerprint density at radius 1 is 0.746 bits per heavy atom. The van der Waals surface area contributed by atoms with Crippen molar-refractivity contribution in [2.24, 2.45) is 0 Å². The van der Waals surface area contributed by atoms with Crippen molar-refractivity contribution in [3.63, 3.8) is 0 Å². The van der Waals surface area contributed by atoms with E-state index in [9.17, 15) is 46.1 Å². The topological polar surface area (TPSA) is 212 Å². The van der Waals surface area contributed by atoms with Gasteiger partial charge in [-0.3, -0.25) is 4.79 Å². The van der Waals surface area contributed by atoms with Crippen molar-refractivity contribution < 1.29 is 106 Å². The Labute approximate surface area is 402 Å². The van der Waals surface area contributed by atoms with Gasteiger partial charge >= 0.3 is 200 Å². The number of phenolic OH excluding ortho intramolecular Hbond substituents is 2. The van der Waals surface area contributed by atoms with Crippen LogP contribution >= 0.6 is 20.2 Å². The summed E-state index contributed by atoms with van der Waals surface area (Å²) in [5.41, 5.74) is 0.762. The number of hydrogen-bond acceptors (Lipinski definition) is 11. The molecule has 71 heavy (non-hydrogen) atoms. The molecule has 8 rings (SSSR count). The molecule has 0 fully saturated rings. The third kappa shape index (κ3) is 11.4. The summed E-state index contributed by atoms with van der Waals surface area (Å²) in [6.45, 7) is 3.80. The number of halogens is 11. The summed E-state index contributed by atoms with van der Waals surface area (Å²) < 4.78 is 141. The number of carboxylic acids is 2. The molecule has 1 amide bonds. The van der Waals surface area contributed by atoms with E-state index >= 15 is 17.6 Å². The van der Waals surface area contributed by atoms with Crippen molar-refractivity contribution in [1.82, 2.24) is 0 Å². The number of aliphatic carboxylic acids is 2. The van der Waals surface area contributed by atoms with Crippen molar-refractivity contribution in [2.45, 2.75) is 53.9 Å². The number of benzene rings is 5. The van der Waals surface area contributed by atoms with Crippen LogP contribution in [0.25, 0.3) is 0 Å². The molecule has 3 heterocycles. The quantitative estimate of drug-likeness (QED) is 0.0445. The molecule has 0 bridgehead atoms. The van der Waals surface area contributed by atoms with Crippen LogP contribution in [0.15, 0.2) is 103 Å². The molecule has 0 radical (unpaired) electrons. The number of phenols is 2. The van der Waals surface area contributed by atoms with Crippen molar-refractivity contribution in [3.8, 4) is 28.7 Å². The zero-order valence-electron chi connectivity index (χ0n) is 36.6. The number of likely N-dealkylation sites (N-methyl/N-ethyl adjacent to an activating group) is 1. The van der Waals surface area contributed by atoms with Crippen LogP contribution in [0, 0.1) is 3.57 Å². The molecule has 1 unspecified atom stereocenters. The number of alkyl halides is 11. The Kier molecular flexibility index (Phi) is 14.9. The summed E-state index contributed by atoms with van der Waals surface area (Å²) in [6.07, 6.45) is -14.7. The van der Waals surface area contributed by atoms with E-state index in [1.54, 1.807) is 62.4 Å². The molecule has 0 aliphatic carbocycles. The fourth-order valence-corrected chi connectivity index (χ4v) is 12.7. The minimum absolute atomic E-state index is 0.0504. The molecule has 380 valence electrons. The molecule has 3 aliphatic rings. The van der Waals surface area contributed by atoms with Gasteiger partial charge < -0.3 is 44.8 Å². The molecule has 5 aromatic carbocycles. The molecule has 0 aromatic heterocycles. The molecule has 1 spiro atoms. The van der Waals surface area contributed by atoms with E-state index in [0.717, 1.165) is 10.5 Å². The number of fused-ring (bicyclic) bond motifs is 7. The summed E-state index contributed by atoms with van der Waals surface area (Å²) in [6, 6.07) is 25.5. The SMILES string of the molecule is C[NH+](CCc1ccc(OC(F)(F)C(F)(F)I2[OH+]C(C)(C)c3ccccc32)cc1)CC(=O)Nc1ccc2c(c1)C1(OC2=O)c2ccc(O)cc2Oc2cc(O)ccc21.O=C([O-])C(F)(F)F.O=C([O-])C(F)(F)F. The monoisotopic (exact) mass is 1130 g/mol. The number of hydrogen-bond donors (Lipinski definition) is 4. The number of carbonyl (C=O) groups is 4. The van der Waals surface area contributed by atoms with Gasteiger partial charge in [0.2, 0.25) is 0 Å². The van der Waals surface area contributed by atoms with Crippen LogP contribution in [0.2, 0.25) is 0 Å². The van der Waals surface area contributed by atoms with E-state index < -0.39 is 77.5 Å². The zero-order valence-corrected chi connectivity index (χ0v) is 38.8. The third-order valence-corrected chi connectivity index (χ3v) is 16.2. The number of carboxylic acid groups (broad SMARTS) is 2. The molecule has 1 atom stereocenters. The fourth-order valence-electron chi connectivity index (χ4n) is 7.33. The maximum absolute atomic E-state index is 15.5. The summed E-state index contributed by atoms with van der Waals surface area (Å²) in [5.74, 6) is -7.05. The summed E-state index contributed by atoms with van der Waals surface area (Å²) in [7, 11) is 1.81. The van der Waals surface area contributed by atoms with Gasteiger partial charge in [0.05, 0.1) is 5.56 Å². The first-order chi connectivity index (χ1) is 32.9. The molecule has 5 N–H and O–H groups in total. The summed E-state index contributed by atoms with van der Waals surface area (Å²) >= 11 is -4.07. The minimum atomic E-state index is -5.19. The van der Waals surface area contributed by atoms with E-state index in [-0.39, 0.29) is 44.6 Å². The second kappa shape index (κ2) is 19.7. The van der Waals surface area contributed by atoms with Gasteiger partial charge in [-0.05, 0) is 42.5 Å². The zero-order chi connectivity index (χ0) is 52.6. The number of rotatable bonds is 10. The Morgan fingerprint density at radius 3 is 1.82 bits per heavy atom. The van der Waals surface area contributed by atoms with E-state index in [1.165, 1.54) is 54.6 Å². The molecule has 0 saturated carbocycles. The second-order valence-corrected chi connectivity index (χ2v) is 20.7. The van der Waals surface area contributed by atoms with Crippen LogP contribution in [-0.4, -0.2) is 79.6 Å². The number of aromatic hydroxyl groups is 2. The number of ether oxygens (including phenoxy) is 3. The molecule has 14 nitrogen and oxygen atoms in total. The Balaban J connectivity index is 0.000000517. The smallest absolute Gasteiger partial charge is 0.542 e. The van der Waals surface area contributed by atoms with Crippen molar-refractivity contribution in [3.05, 3.63) is 140 Å². The Morgan fingerprint density at radius 2 is 1.28 bits per heavy atom. The number of aliphatic hydroxyl groups is 1. The van der Waals surface area contributed by atoms with E-state index in [4.69, 9.17) is 29.3 Å². The number of esters is 1. The number of amides is 1. The minimum Gasteiger partial charge on any atom is -0.542 e. The van der Waals surface area contributed by atoms with Gasteiger partial charge in [0.25, 0.3) is 0 Å². The van der Waals surface area contributed by atoms with Crippen LogP contribution in [0.3, 0.4) is 0 Å². The first kappa shape index (κ1) is 53.5. The van der Waals surface area contributed by atoms with Crippen molar-refractivity contribution in [2.75, 3.05) is 25.5 Å². The Bertz CT molecular complexity index is 2780. The van der Waals surface area contributed by atoms with Gasteiger partial charge in [-0.25, -0.2) is 4.79 Å². The Hall–Kier alpha value is -6.87. The van der Waals surface area contributed by atoms with Gasteiger partial charge in [0, 0.05) is 34.5 Å². The van der Waals surface area contributed by atoms with Gasteiger partial charge in [-0.15, -0.1) is 0 Å². The number of quaternary nitrogens is 1. The molecule has 3 aliphatic heterocycles. The normalized spacial score (nSPS) is 16.0. The van der Waals surface area contributed by atoms with Gasteiger partial charge in [-0.2, -0.15) is 26.3 Å². The average molecular weight is 1130 g/mol. The maximum atomic E-state index is 15.5. The predicted octanol–water partition coefficient (Wildman–Crippen LogP) is 5.59. The van der Waals surface area contributed by atoms with Crippen molar-refractivity contribution >= 4 is 49.7 Å². The molecule has 5 aromatic rings. The van der Waals surface area contributed by atoms with Crippen molar-refractivity contribution in [1.29, 1.82) is 0 Å². The standard InChI is InChI=1S/C42H35F4IN2O8.2C2HF3O2/c1-39(2)30-6-4-5-7-34(30)47(57-39)41(43,44)42(45,46)55-28-13-8-24(9-14-28)18-19-49(3)23-37(52)48-25-10-15-29-33(20-25)40(56-38(29)53)31-16-11-26(50)21-35(31)54-36-22-27(51)12-17-32(36)40;2*3-2(4,5)1(6)7/h4-17,20-22,50-51H,18-19,23H2,1-3H3,(H,48,52);2*(H,6,7). The molecular weight excluding hydrogens is 1090 g/mol. The van der Waals surface area contributed by atoms with Gasteiger partial charge in [0.1, 0.15) is 34.9 Å². The van der Waals surface area contributed by atoms with E-state index in [2.05, 4.69) is 13.1 Å². The van der Waals surface area contributed by atoms with E-state index in [0.29, 0.717) is 40.9 Å². The first-order valence-electron chi connectivity index (χ1n) is 20.3. The van der Waals surface area contributed by atoms with Gasteiger partial charge in [0.15, 0.2) is 5.60 Å². The van der Waals surface area contributed by atoms with Crippen LogP contribution < -0.4 is 29.9 Å². The first-order valence-corrected chi connectivity index (χ1v) is 23.5. The van der Waals surface area contributed by atoms with Gasteiger partial charge in [-0.1, -0.05) is 0 Å². The third-order valence-electron chi connectivity index (χ3n) is 10.6. The summed E-state index contributed by atoms with van der Waals surface area (Å²) in [4.78, 5) is 44.9. The number of nitrogens with one attached hydrogen (secondary N) is 2. The van der Waals surface area contributed by atoms with E-state index in [1.807, 2.05) is 7.05 Å². The average Bonchev–Trinajstić information content (AvgIpc) is 3.72. The number of anilines is 1. The molecule has 0 saturated heterocycles. The van der Waals surface area contributed by atoms with Crippen LogP contribution in [0.5, 0.6) is 28.7 Å².